The number of nitrogens with one attached hydrogen (secondary N) is 1. The number of aromatic nitrogens is 1. The van der Waals surface area contributed by atoms with E-state index in [-0.39, 0.29) is 12.1 Å². The van der Waals surface area contributed by atoms with Gasteiger partial charge in [-0.2, -0.15) is 0 Å². The highest BCUT2D eigenvalue weighted by atomic mass is 16.5. The maximum Gasteiger partial charge on any atom is 0.323 e. The fourth-order valence-electron chi connectivity index (χ4n) is 2.96. The van der Waals surface area contributed by atoms with Gasteiger partial charge < -0.3 is 14.2 Å². The summed E-state index contributed by atoms with van der Waals surface area (Å²) in [6.07, 6.45) is 0.802. The Morgan fingerprint density at radius 1 is 1.12 bits per heavy atom. The molecule has 1 aromatic heterocycles. The van der Waals surface area contributed by atoms with Crippen LogP contribution in [0.5, 0.6) is 5.75 Å². The molecule has 0 aliphatic carbocycles. The van der Waals surface area contributed by atoms with Gasteiger partial charge in [0.1, 0.15) is 11.9 Å². The van der Waals surface area contributed by atoms with Crippen LogP contribution in [0.3, 0.4) is 0 Å². The molecule has 2 amide bonds. The lowest BCUT2D eigenvalue weighted by molar-refractivity contribution is 0.194. The molecule has 6 heteroatoms. The molecule has 1 N–H and O–H groups in total. The highest BCUT2D eigenvalue weighted by Crippen LogP contribution is 2.23. The van der Waals surface area contributed by atoms with Gasteiger partial charge in [0.25, 0.3) is 0 Å². The molecule has 2 aromatic carbocycles. The van der Waals surface area contributed by atoms with E-state index in [4.69, 9.17) is 9.26 Å². The molecule has 0 bridgehead atoms. The van der Waals surface area contributed by atoms with E-state index in [2.05, 4.69) is 10.5 Å². The van der Waals surface area contributed by atoms with Crippen molar-refractivity contribution in [1.82, 2.24) is 10.1 Å². The number of ether oxygens (including phenoxy) is 1. The zero-order valence-electron chi connectivity index (χ0n) is 14.2. The Bertz CT molecular complexity index is 864. The molecule has 6 nitrogen and oxygen atoms in total. The van der Waals surface area contributed by atoms with Gasteiger partial charge in [0.2, 0.25) is 0 Å². The number of rotatable bonds is 4. The van der Waals surface area contributed by atoms with Crippen LogP contribution < -0.4 is 10.1 Å². The van der Waals surface area contributed by atoms with Gasteiger partial charge in [0.05, 0.1) is 6.54 Å². The SMILES string of the molecule is O=C(Nc1cc(-c2ccccc2)on1)N1CCC(Oc2ccccc2)C1. The van der Waals surface area contributed by atoms with Gasteiger partial charge in [0, 0.05) is 24.6 Å². The van der Waals surface area contributed by atoms with Gasteiger partial charge in [-0.1, -0.05) is 53.7 Å². The molecule has 26 heavy (non-hydrogen) atoms. The van der Waals surface area contributed by atoms with Crippen LogP contribution in [0, 0.1) is 0 Å². The Morgan fingerprint density at radius 2 is 1.85 bits per heavy atom. The maximum absolute atomic E-state index is 12.4. The third kappa shape index (κ3) is 3.69. The van der Waals surface area contributed by atoms with Crippen molar-refractivity contribution in [3.8, 4) is 17.1 Å². The number of para-hydroxylation sites is 1. The second kappa shape index (κ2) is 7.31. The zero-order chi connectivity index (χ0) is 17.8. The predicted molar refractivity (Wildman–Crippen MR) is 98.0 cm³/mol. The summed E-state index contributed by atoms with van der Waals surface area (Å²) in [6, 6.07) is 20.8. The van der Waals surface area contributed by atoms with E-state index >= 15 is 0 Å². The average molecular weight is 349 g/mol. The summed E-state index contributed by atoms with van der Waals surface area (Å²) in [4.78, 5) is 14.2. The van der Waals surface area contributed by atoms with Crippen LogP contribution in [-0.4, -0.2) is 35.3 Å². The molecule has 1 fully saturated rings. The summed E-state index contributed by atoms with van der Waals surface area (Å²) < 4.78 is 11.2. The highest BCUT2D eigenvalue weighted by Gasteiger charge is 2.28. The molecule has 1 aliphatic heterocycles. The molecule has 0 saturated carbocycles. The molecular weight excluding hydrogens is 330 g/mol. The van der Waals surface area contributed by atoms with E-state index in [1.807, 2.05) is 60.7 Å². The number of amides is 2. The van der Waals surface area contributed by atoms with Crippen molar-refractivity contribution in [3.05, 3.63) is 66.7 Å². The number of benzene rings is 2. The van der Waals surface area contributed by atoms with Gasteiger partial charge in [-0.3, -0.25) is 5.32 Å². The number of likely N-dealkylation sites (tertiary alicyclic amines) is 1. The Labute approximate surface area is 151 Å². The Kier molecular flexibility index (Phi) is 4.55. The predicted octanol–water partition coefficient (Wildman–Crippen LogP) is 4.03. The normalized spacial score (nSPS) is 16.5. The second-order valence-corrected chi connectivity index (χ2v) is 6.16. The van der Waals surface area contributed by atoms with E-state index in [0.717, 1.165) is 17.7 Å². The van der Waals surface area contributed by atoms with Gasteiger partial charge in [-0.25, -0.2) is 4.79 Å². The van der Waals surface area contributed by atoms with Crippen molar-refractivity contribution in [2.24, 2.45) is 0 Å². The smallest absolute Gasteiger partial charge is 0.323 e. The molecule has 0 spiro atoms. The summed E-state index contributed by atoms with van der Waals surface area (Å²) in [7, 11) is 0. The summed E-state index contributed by atoms with van der Waals surface area (Å²) in [5, 5.41) is 6.71. The minimum atomic E-state index is -0.197. The van der Waals surface area contributed by atoms with Crippen LogP contribution in [0.1, 0.15) is 6.42 Å². The number of anilines is 1. The third-order valence-electron chi connectivity index (χ3n) is 4.28. The van der Waals surface area contributed by atoms with Crippen molar-refractivity contribution < 1.29 is 14.1 Å². The lowest BCUT2D eigenvalue weighted by Crippen LogP contribution is -2.34. The quantitative estimate of drug-likeness (QED) is 0.772. The van der Waals surface area contributed by atoms with Gasteiger partial charge in [-0.15, -0.1) is 0 Å². The number of urea groups is 1. The third-order valence-corrected chi connectivity index (χ3v) is 4.28. The Hall–Kier alpha value is -3.28. The van der Waals surface area contributed by atoms with Crippen molar-refractivity contribution >= 4 is 11.8 Å². The summed E-state index contributed by atoms with van der Waals surface area (Å²) >= 11 is 0. The lowest BCUT2D eigenvalue weighted by Gasteiger charge is -2.17. The first-order chi connectivity index (χ1) is 12.8. The Balaban J connectivity index is 1.34. The van der Waals surface area contributed by atoms with Gasteiger partial charge >= 0.3 is 6.03 Å². The van der Waals surface area contributed by atoms with Crippen molar-refractivity contribution in [2.45, 2.75) is 12.5 Å². The van der Waals surface area contributed by atoms with Crippen molar-refractivity contribution in [2.75, 3.05) is 18.4 Å². The largest absolute Gasteiger partial charge is 0.489 e. The number of nitrogens with zero attached hydrogens (tertiary/aromatic N) is 2. The van der Waals surface area contributed by atoms with Crippen molar-refractivity contribution in [3.63, 3.8) is 0 Å². The maximum atomic E-state index is 12.4. The standard InChI is InChI=1S/C20H19N3O3/c24-20(21-19-13-18(26-22-19)15-7-3-1-4-8-15)23-12-11-17(14-23)25-16-9-5-2-6-10-16/h1-10,13,17H,11-12,14H2,(H,21,22,24). The molecule has 3 aromatic rings. The fraction of sp³-hybridized carbons (Fsp3) is 0.200. The molecule has 1 aliphatic rings. The first-order valence-electron chi connectivity index (χ1n) is 8.58. The fourth-order valence-corrected chi connectivity index (χ4v) is 2.96. The van der Waals surface area contributed by atoms with Crippen LogP contribution in [-0.2, 0) is 0 Å². The molecule has 1 atom stereocenters. The molecular formula is C20H19N3O3. The zero-order valence-corrected chi connectivity index (χ0v) is 14.2. The lowest BCUT2D eigenvalue weighted by atomic mass is 10.2. The summed E-state index contributed by atoms with van der Waals surface area (Å²) in [5.74, 6) is 1.85. The summed E-state index contributed by atoms with van der Waals surface area (Å²) in [5.41, 5.74) is 0.915. The first-order valence-corrected chi connectivity index (χ1v) is 8.58. The van der Waals surface area contributed by atoms with Crippen LogP contribution in [0.2, 0.25) is 0 Å². The van der Waals surface area contributed by atoms with Gasteiger partial charge in [-0.05, 0) is 12.1 Å². The monoisotopic (exact) mass is 349 g/mol. The van der Waals surface area contributed by atoms with E-state index in [1.165, 1.54) is 0 Å². The number of carbonyl (C=O) groups is 1. The minimum Gasteiger partial charge on any atom is -0.489 e. The number of hydrogen-bond acceptors (Lipinski definition) is 4. The average Bonchev–Trinajstić information content (AvgIpc) is 3.33. The van der Waals surface area contributed by atoms with E-state index < -0.39 is 0 Å². The van der Waals surface area contributed by atoms with Gasteiger partial charge in [0.15, 0.2) is 11.6 Å². The van der Waals surface area contributed by atoms with Crippen molar-refractivity contribution in [1.29, 1.82) is 0 Å². The van der Waals surface area contributed by atoms with Crippen LogP contribution in [0.25, 0.3) is 11.3 Å². The second-order valence-electron chi connectivity index (χ2n) is 6.16. The number of hydrogen-bond donors (Lipinski definition) is 1. The van der Waals surface area contributed by atoms with Crippen LogP contribution >= 0.6 is 0 Å². The summed E-state index contributed by atoms with van der Waals surface area (Å²) in [6.45, 7) is 1.19. The highest BCUT2D eigenvalue weighted by molar-refractivity contribution is 5.89. The molecule has 1 saturated heterocycles. The topological polar surface area (TPSA) is 67.6 Å². The molecule has 0 radical (unpaired) electrons. The van der Waals surface area contributed by atoms with Crippen LogP contribution in [0.4, 0.5) is 10.6 Å². The molecule has 1 unspecified atom stereocenters. The molecule has 2 heterocycles. The molecule has 4 rings (SSSR count). The first kappa shape index (κ1) is 16.2. The Morgan fingerprint density at radius 3 is 2.62 bits per heavy atom. The minimum absolute atomic E-state index is 0.000314. The van der Waals surface area contributed by atoms with E-state index in [9.17, 15) is 4.79 Å². The molecule has 132 valence electrons. The van der Waals surface area contributed by atoms with E-state index in [1.54, 1.807) is 11.0 Å². The van der Waals surface area contributed by atoms with E-state index in [0.29, 0.717) is 24.7 Å². The number of carbonyl (C=O) groups excluding carboxylic acids is 1. The van der Waals surface area contributed by atoms with Crippen LogP contribution in [0.15, 0.2) is 71.3 Å².